The summed E-state index contributed by atoms with van der Waals surface area (Å²) in [6.07, 6.45) is 2.21. The lowest BCUT2D eigenvalue weighted by Gasteiger charge is -2.21. The second-order valence-electron chi connectivity index (χ2n) is 5.71. The van der Waals surface area contributed by atoms with Crippen LogP contribution < -0.4 is 5.32 Å². The summed E-state index contributed by atoms with van der Waals surface area (Å²) in [6.45, 7) is 2.08. The van der Waals surface area contributed by atoms with Gasteiger partial charge >= 0.3 is 5.97 Å². The molecule has 0 bridgehead atoms. The summed E-state index contributed by atoms with van der Waals surface area (Å²) in [5, 5.41) is 21.9. The van der Waals surface area contributed by atoms with Gasteiger partial charge in [-0.15, -0.1) is 10.2 Å². The van der Waals surface area contributed by atoms with Crippen LogP contribution in [-0.4, -0.2) is 38.9 Å². The Morgan fingerprint density at radius 1 is 1.30 bits per heavy atom. The van der Waals surface area contributed by atoms with Gasteiger partial charge in [-0.1, -0.05) is 23.9 Å². The number of benzene rings is 1. The first-order valence-electron chi connectivity index (χ1n) is 7.70. The minimum absolute atomic E-state index is 0.311. The number of hydrogen-bond acceptors (Lipinski definition) is 5. The highest BCUT2D eigenvalue weighted by molar-refractivity contribution is 7.98. The molecule has 3 rings (SSSR count). The van der Waals surface area contributed by atoms with Gasteiger partial charge < -0.3 is 15.0 Å². The van der Waals surface area contributed by atoms with Crippen LogP contribution in [0.4, 0.5) is 0 Å². The molecule has 0 aliphatic carbocycles. The molecule has 122 valence electrons. The highest BCUT2D eigenvalue weighted by atomic mass is 32.2. The SMILES string of the molecule is Cn1c(SCc2ccc(C(=O)O)cc2)nnc1C1CCNCC1. The van der Waals surface area contributed by atoms with Gasteiger partial charge in [-0.3, -0.25) is 0 Å². The van der Waals surface area contributed by atoms with Gasteiger partial charge in [-0.2, -0.15) is 0 Å². The van der Waals surface area contributed by atoms with Crippen LogP contribution in [0.5, 0.6) is 0 Å². The Labute approximate surface area is 139 Å². The molecular formula is C16H20N4O2S. The second-order valence-corrected chi connectivity index (χ2v) is 6.66. The van der Waals surface area contributed by atoms with Gasteiger partial charge in [0.1, 0.15) is 5.82 Å². The third-order valence-corrected chi connectivity index (χ3v) is 5.23. The molecule has 0 amide bonds. The molecule has 0 radical (unpaired) electrons. The number of carboxylic acids is 1. The molecule has 1 aliphatic rings. The van der Waals surface area contributed by atoms with E-state index in [-0.39, 0.29) is 0 Å². The number of nitrogens with zero attached hydrogens (tertiary/aromatic N) is 3. The molecule has 6 nitrogen and oxygen atoms in total. The Hall–Kier alpha value is -1.86. The van der Waals surface area contributed by atoms with Crippen LogP contribution in [0.2, 0.25) is 0 Å². The number of hydrogen-bond donors (Lipinski definition) is 2. The highest BCUT2D eigenvalue weighted by Crippen LogP contribution is 2.27. The summed E-state index contributed by atoms with van der Waals surface area (Å²) < 4.78 is 2.09. The van der Waals surface area contributed by atoms with E-state index < -0.39 is 5.97 Å². The summed E-state index contributed by atoms with van der Waals surface area (Å²) in [5.74, 6) is 1.40. The zero-order valence-corrected chi connectivity index (χ0v) is 13.8. The molecule has 1 fully saturated rings. The highest BCUT2D eigenvalue weighted by Gasteiger charge is 2.21. The summed E-state index contributed by atoms with van der Waals surface area (Å²) in [6, 6.07) is 6.96. The second kappa shape index (κ2) is 7.14. The number of aromatic nitrogens is 3. The molecular weight excluding hydrogens is 312 g/mol. The third kappa shape index (κ3) is 3.73. The predicted octanol–water partition coefficient (Wildman–Crippen LogP) is 2.27. The fraction of sp³-hybridized carbons (Fsp3) is 0.438. The Morgan fingerprint density at radius 3 is 2.65 bits per heavy atom. The molecule has 0 spiro atoms. The monoisotopic (exact) mass is 332 g/mol. The van der Waals surface area contributed by atoms with E-state index in [2.05, 4.69) is 20.1 Å². The van der Waals surface area contributed by atoms with Crippen molar-refractivity contribution in [3.63, 3.8) is 0 Å². The molecule has 1 aliphatic heterocycles. The van der Waals surface area contributed by atoms with Crippen molar-refractivity contribution >= 4 is 17.7 Å². The average molecular weight is 332 g/mol. The smallest absolute Gasteiger partial charge is 0.335 e. The number of carbonyl (C=O) groups is 1. The molecule has 0 saturated carbocycles. The van der Waals surface area contributed by atoms with Gasteiger partial charge in [-0.05, 0) is 43.6 Å². The molecule has 2 N–H and O–H groups in total. The number of aromatic carboxylic acids is 1. The quantitative estimate of drug-likeness (QED) is 0.818. The maximum absolute atomic E-state index is 10.9. The summed E-state index contributed by atoms with van der Waals surface area (Å²) >= 11 is 1.63. The third-order valence-electron chi connectivity index (χ3n) is 4.14. The van der Waals surface area contributed by atoms with Crippen LogP contribution in [0, 0.1) is 0 Å². The van der Waals surface area contributed by atoms with Gasteiger partial charge in [0, 0.05) is 18.7 Å². The van der Waals surface area contributed by atoms with Crippen molar-refractivity contribution in [3.8, 4) is 0 Å². The summed E-state index contributed by atoms with van der Waals surface area (Å²) in [7, 11) is 2.02. The molecule has 23 heavy (non-hydrogen) atoms. The molecule has 1 saturated heterocycles. The standard InChI is InChI=1S/C16H20N4O2S/c1-20-14(12-6-8-17-9-7-12)18-19-16(20)23-10-11-2-4-13(5-3-11)15(21)22/h2-5,12,17H,6-10H2,1H3,(H,21,22). The van der Waals surface area contributed by atoms with E-state index in [0.717, 1.165) is 48.2 Å². The van der Waals surface area contributed by atoms with Crippen LogP contribution >= 0.6 is 11.8 Å². The van der Waals surface area contributed by atoms with Crippen molar-refractivity contribution in [1.29, 1.82) is 0 Å². The van der Waals surface area contributed by atoms with Crippen LogP contribution in [0.15, 0.2) is 29.4 Å². The lowest BCUT2D eigenvalue weighted by Crippen LogP contribution is -2.27. The van der Waals surface area contributed by atoms with Crippen LogP contribution in [0.3, 0.4) is 0 Å². The van der Waals surface area contributed by atoms with Crippen molar-refractivity contribution in [2.24, 2.45) is 7.05 Å². The molecule has 0 unspecified atom stereocenters. The molecule has 0 atom stereocenters. The summed E-state index contributed by atoms with van der Waals surface area (Å²) in [5.41, 5.74) is 1.39. The largest absolute Gasteiger partial charge is 0.478 e. The Kier molecular flexibility index (Phi) is 4.97. The molecule has 1 aromatic heterocycles. The first-order chi connectivity index (χ1) is 11.1. The fourth-order valence-electron chi connectivity index (χ4n) is 2.78. The fourth-order valence-corrected chi connectivity index (χ4v) is 3.65. The average Bonchev–Trinajstić information content (AvgIpc) is 2.95. The first kappa shape index (κ1) is 16.0. The maximum atomic E-state index is 10.9. The number of nitrogens with one attached hydrogen (secondary N) is 1. The van der Waals surface area contributed by atoms with Gasteiger partial charge in [0.15, 0.2) is 5.16 Å². The zero-order chi connectivity index (χ0) is 16.2. The van der Waals surface area contributed by atoms with Gasteiger partial charge in [0.2, 0.25) is 0 Å². The lowest BCUT2D eigenvalue weighted by atomic mass is 9.97. The number of rotatable bonds is 5. The van der Waals surface area contributed by atoms with Crippen LogP contribution in [0.25, 0.3) is 0 Å². The van der Waals surface area contributed by atoms with Crippen molar-refractivity contribution in [2.75, 3.05) is 13.1 Å². The Bertz CT molecular complexity index is 678. The van der Waals surface area contributed by atoms with E-state index in [1.807, 2.05) is 19.2 Å². The molecule has 7 heteroatoms. The Balaban J connectivity index is 1.64. The van der Waals surface area contributed by atoms with E-state index in [4.69, 9.17) is 5.11 Å². The van der Waals surface area contributed by atoms with Crippen LogP contribution in [0.1, 0.15) is 40.5 Å². The summed E-state index contributed by atoms with van der Waals surface area (Å²) in [4.78, 5) is 10.9. The Morgan fingerprint density at radius 2 is 2.00 bits per heavy atom. The van der Waals surface area contributed by atoms with E-state index >= 15 is 0 Å². The maximum Gasteiger partial charge on any atom is 0.335 e. The van der Waals surface area contributed by atoms with E-state index in [9.17, 15) is 4.79 Å². The minimum Gasteiger partial charge on any atom is -0.478 e. The van der Waals surface area contributed by atoms with E-state index in [0.29, 0.717) is 11.5 Å². The van der Waals surface area contributed by atoms with E-state index in [1.165, 1.54) is 0 Å². The van der Waals surface area contributed by atoms with Crippen molar-refractivity contribution in [3.05, 3.63) is 41.2 Å². The van der Waals surface area contributed by atoms with Crippen molar-refractivity contribution < 1.29 is 9.90 Å². The lowest BCUT2D eigenvalue weighted by molar-refractivity contribution is 0.0697. The number of carboxylic acid groups (broad SMARTS) is 1. The van der Waals surface area contributed by atoms with E-state index in [1.54, 1.807) is 23.9 Å². The van der Waals surface area contributed by atoms with Gasteiger partial charge in [0.25, 0.3) is 0 Å². The number of piperidine rings is 1. The topological polar surface area (TPSA) is 80.0 Å². The van der Waals surface area contributed by atoms with Gasteiger partial charge in [-0.25, -0.2) is 4.79 Å². The number of thioether (sulfide) groups is 1. The zero-order valence-electron chi connectivity index (χ0n) is 13.0. The normalized spacial score (nSPS) is 15.7. The van der Waals surface area contributed by atoms with Crippen molar-refractivity contribution in [2.45, 2.75) is 29.7 Å². The van der Waals surface area contributed by atoms with Crippen molar-refractivity contribution in [1.82, 2.24) is 20.1 Å². The minimum atomic E-state index is -0.899. The van der Waals surface area contributed by atoms with Crippen LogP contribution in [-0.2, 0) is 12.8 Å². The molecule has 1 aromatic carbocycles. The predicted molar refractivity (Wildman–Crippen MR) is 88.8 cm³/mol. The van der Waals surface area contributed by atoms with Gasteiger partial charge in [0.05, 0.1) is 5.56 Å². The molecule has 2 heterocycles. The molecule has 2 aromatic rings. The first-order valence-corrected chi connectivity index (χ1v) is 8.68.